The van der Waals surface area contributed by atoms with E-state index in [9.17, 15) is 17.6 Å². The first kappa shape index (κ1) is 15.8. The van der Waals surface area contributed by atoms with Crippen molar-refractivity contribution >= 4 is 38.5 Å². The zero-order chi connectivity index (χ0) is 14.6. The molecule has 1 rings (SSSR count). The second-order valence-corrected chi connectivity index (χ2v) is 4.70. The van der Waals surface area contributed by atoms with E-state index in [0.717, 1.165) is 17.8 Å². The number of alkyl halides is 3. The summed E-state index contributed by atoms with van der Waals surface area (Å²) in [7, 11) is 0. The van der Waals surface area contributed by atoms with E-state index in [4.69, 9.17) is 5.26 Å². The molecule has 19 heavy (non-hydrogen) atoms. The van der Waals surface area contributed by atoms with E-state index in [1.54, 1.807) is 12.4 Å². The maximum Gasteiger partial charge on any atom is 0.420 e. The zero-order valence-electron chi connectivity index (χ0n) is 9.35. The monoisotopic (exact) mass is 355 g/mol. The molecule has 0 radical (unpaired) electrons. The summed E-state index contributed by atoms with van der Waals surface area (Å²) >= 11 is 3.73. The summed E-state index contributed by atoms with van der Waals surface area (Å²) < 4.78 is 50.7. The van der Waals surface area contributed by atoms with Crippen molar-refractivity contribution in [3.63, 3.8) is 0 Å². The minimum Gasteiger partial charge on any atom is -0.271 e. The Kier molecular flexibility index (Phi) is 5.20. The van der Waals surface area contributed by atoms with E-state index in [1.807, 2.05) is 0 Å². The Hall–Kier alpha value is -1.27. The molecular formula is C10H6BrF4N3S. The summed E-state index contributed by atoms with van der Waals surface area (Å²) in [4.78, 5) is 3.81. The molecule has 0 atom stereocenters. The first-order valence-electron chi connectivity index (χ1n) is 4.64. The summed E-state index contributed by atoms with van der Waals surface area (Å²) in [5.41, 5.74) is -1.55. The summed E-state index contributed by atoms with van der Waals surface area (Å²) in [6.45, 7) is 0. The Morgan fingerprint density at radius 1 is 1.47 bits per heavy atom. The lowest BCUT2D eigenvalue weighted by Gasteiger charge is -2.12. The van der Waals surface area contributed by atoms with Gasteiger partial charge in [0.25, 0.3) is 0 Å². The molecule has 102 valence electrons. The second-order valence-electron chi connectivity index (χ2n) is 3.11. The fraction of sp³-hybridized carbons (Fsp3) is 0.200. The highest BCUT2D eigenvalue weighted by atomic mass is 79.9. The molecule has 0 aliphatic carbocycles. The van der Waals surface area contributed by atoms with Crippen molar-refractivity contribution in [2.45, 2.75) is 6.18 Å². The van der Waals surface area contributed by atoms with E-state index in [-0.39, 0.29) is 10.9 Å². The Labute approximate surface area is 118 Å². The van der Waals surface area contributed by atoms with Crippen LogP contribution in [0.3, 0.4) is 0 Å². The number of thioether (sulfide) groups is 1. The van der Waals surface area contributed by atoms with Crippen molar-refractivity contribution < 1.29 is 17.6 Å². The standard InChI is InChI=1S/C10H6BrF4N3S/c1-19-9(17-4-16)18-6-3-2-5(12)7(8(6)11)10(13,14)15/h2-3H,1H3,(H,17,18). The van der Waals surface area contributed by atoms with Crippen molar-refractivity contribution in [3.05, 3.63) is 28.0 Å². The van der Waals surface area contributed by atoms with Gasteiger partial charge in [-0.2, -0.15) is 18.4 Å². The Morgan fingerprint density at radius 3 is 2.58 bits per heavy atom. The molecule has 0 saturated heterocycles. The van der Waals surface area contributed by atoms with E-state index >= 15 is 0 Å². The van der Waals surface area contributed by atoms with Gasteiger partial charge in [-0.1, -0.05) is 11.8 Å². The highest BCUT2D eigenvalue weighted by Crippen LogP contribution is 2.41. The van der Waals surface area contributed by atoms with Crippen LogP contribution in [0.25, 0.3) is 0 Å². The Balaban J connectivity index is 3.37. The average Bonchev–Trinajstić information content (AvgIpc) is 2.30. The summed E-state index contributed by atoms with van der Waals surface area (Å²) in [5.74, 6) is -1.39. The van der Waals surface area contributed by atoms with Gasteiger partial charge >= 0.3 is 6.18 Å². The van der Waals surface area contributed by atoms with Crippen LogP contribution in [-0.2, 0) is 6.18 Å². The average molecular weight is 356 g/mol. The lowest BCUT2D eigenvalue weighted by Crippen LogP contribution is -2.13. The van der Waals surface area contributed by atoms with Crippen LogP contribution in [0.15, 0.2) is 21.6 Å². The molecular weight excluding hydrogens is 350 g/mol. The van der Waals surface area contributed by atoms with E-state index in [1.165, 1.54) is 0 Å². The van der Waals surface area contributed by atoms with Gasteiger partial charge in [0.05, 0.1) is 10.2 Å². The summed E-state index contributed by atoms with van der Waals surface area (Å²) in [5, 5.41) is 10.7. The van der Waals surface area contributed by atoms with Crippen LogP contribution in [0.5, 0.6) is 0 Å². The molecule has 0 amide bonds. The molecule has 9 heteroatoms. The molecule has 0 aliphatic rings. The van der Waals surface area contributed by atoms with Gasteiger partial charge in [-0.25, -0.2) is 9.38 Å². The molecule has 3 nitrogen and oxygen atoms in total. The van der Waals surface area contributed by atoms with Gasteiger partial charge in [-0.3, -0.25) is 5.32 Å². The third-order valence-electron chi connectivity index (χ3n) is 1.93. The third kappa shape index (κ3) is 3.84. The number of benzene rings is 1. The topological polar surface area (TPSA) is 48.2 Å². The fourth-order valence-electron chi connectivity index (χ4n) is 1.17. The predicted molar refractivity (Wildman–Crippen MR) is 68.5 cm³/mol. The maximum atomic E-state index is 13.2. The highest BCUT2D eigenvalue weighted by molar-refractivity contribution is 9.10. The van der Waals surface area contributed by atoms with Crippen molar-refractivity contribution in [2.75, 3.05) is 6.26 Å². The summed E-state index contributed by atoms with van der Waals surface area (Å²) in [6, 6.07) is 1.76. The number of hydrogen-bond acceptors (Lipinski definition) is 3. The molecule has 0 aliphatic heterocycles. The molecule has 1 aromatic rings. The van der Waals surface area contributed by atoms with Crippen LogP contribution < -0.4 is 5.32 Å². The van der Waals surface area contributed by atoms with Gasteiger partial charge in [0.2, 0.25) is 0 Å². The molecule has 0 saturated carbocycles. The van der Waals surface area contributed by atoms with Crippen molar-refractivity contribution in [2.24, 2.45) is 4.99 Å². The van der Waals surface area contributed by atoms with E-state index in [0.29, 0.717) is 6.07 Å². The number of nitriles is 1. The van der Waals surface area contributed by atoms with Crippen LogP contribution in [0, 0.1) is 17.3 Å². The van der Waals surface area contributed by atoms with Crippen molar-refractivity contribution in [1.82, 2.24) is 5.32 Å². The normalized spacial score (nSPS) is 12.2. The molecule has 0 fully saturated rings. The van der Waals surface area contributed by atoms with Gasteiger partial charge in [0, 0.05) is 0 Å². The minimum absolute atomic E-state index is 0.0999. The highest BCUT2D eigenvalue weighted by Gasteiger charge is 2.37. The number of nitrogens with zero attached hydrogens (tertiary/aromatic N) is 2. The number of aliphatic imine (C=N–C) groups is 1. The molecule has 0 bridgehead atoms. The third-order valence-corrected chi connectivity index (χ3v) is 3.32. The number of amidine groups is 1. The Bertz CT molecular complexity index is 551. The first-order valence-corrected chi connectivity index (χ1v) is 6.66. The van der Waals surface area contributed by atoms with Crippen LogP contribution >= 0.6 is 27.7 Å². The summed E-state index contributed by atoms with van der Waals surface area (Å²) in [6.07, 6.45) is -1.65. The largest absolute Gasteiger partial charge is 0.420 e. The smallest absolute Gasteiger partial charge is 0.271 e. The van der Waals surface area contributed by atoms with Gasteiger partial charge in [-0.15, -0.1) is 0 Å². The molecule has 0 spiro atoms. The molecule has 1 aromatic carbocycles. The van der Waals surface area contributed by atoms with Gasteiger partial charge in [-0.05, 0) is 34.3 Å². The lowest BCUT2D eigenvalue weighted by atomic mass is 10.2. The quantitative estimate of drug-likeness (QED) is 0.272. The SMILES string of the molecule is CSC(=Nc1ccc(F)c(C(F)(F)F)c1Br)NC#N. The first-order chi connectivity index (χ1) is 8.81. The molecule has 1 N–H and O–H groups in total. The van der Waals surface area contributed by atoms with Gasteiger partial charge < -0.3 is 0 Å². The number of rotatable bonds is 1. The minimum atomic E-state index is -4.84. The number of nitrogens with one attached hydrogen (secondary N) is 1. The van der Waals surface area contributed by atoms with Crippen molar-refractivity contribution in [3.8, 4) is 6.19 Å². The second kappa shape index (κ2) is 6.25. The van der Waals surface area contributed by atoms with Crippen LogP contribution in [0.2, 0.25) is 0 Å². The van der Waals surface area contributed by atoms with Crippen LogP contribution in [0.1, 0.15) is 5.56 Å². The van der Waals surface area contributed by atoms with E-state index < -0.39 is 22.0 Å². The Morgan fingerprint density at radius 2 is 2.11 bits per heavy atom. The predicted octanol–water partition coefficient (Wildman–Crippen LogP) is 4.03. The van der Waals surface area contributed by atoms with Gasteiger partial charge in [0.15, 0.2) is 11.4 Å². The van der Waals surface area contributed by atoms with Gasteiger partial charge in [0.1, 0.15) is 11.4 Å². The molecule has 0 heterocycles. The zero-order valence-corrected chi connectivity index (χ0v) is 11.7. The molecule has 0 aromatic heterocycles. The molecule has 0 unspecified atom stereocenters. The van der Waals surface area contributed by atoms with Crippen LogP contribution in [-0.4, -0.2) is 11.4 Å². The lowest BCUT2D eigenvalue weighted by molar-refractivity contribution is -0.140. The maximum absolute atomic E-state index is 13.2. The van der Waals surface area contributed by atoms with Crippen molar-refractivity contribution in [1.29, 1.82) is 5.26 Å². The fourth-order valence-corrected chi connectivity index (χ4v) is 2.14. The van der Waals surface area contributed by atoms with Crippen LogP contribution in [0.4, 0.5) is 23.2 Å². The van der Waals surface area contributed by atoms with E-state index in [2.05, 4.69) is 26.2 Å². The number of halogens is 5. The number of hydrogen-bond donors (Lipinski definition) is 1.